The van der Waals surface area contributed by atoms with E-state index in [1.54, 1.807) is 37.2 Å². The second-order valence-electron chi connectivity index (χ2n) is 9.43. The van der Waals surface area contributed by atoms with Crippen molar-refractivity contribution in [2.24, 2.45) is 5.92 Å². The van der Waals surface area contributed by atoms with Crippen molar-refractivity contribution in [3.8, 4) is 17.7 Å². The number of nitrogens with zero attached hydrogens (tertiary/aromatic N) is 4. The van der Waals surface area contributed by atoms with Gasteiger partial charge in [-0.15, -0.1) is 0 Å². The number of hydrogen-bond acceptors (Lipinski definition) is 6. The SMILES string of the molecule is C[C@H](CO)N1C[C@H](C)[C@@H](CN(C)C(=O)c2cccc(F)c2)Oc2ncc(C#CCN(C)C)cc2C1=O. The van der Waals surface area contributed by atoms with Gasteiger partial charge in [0.05, 0.1) is 25.7 Å². The lowest BCUT2D eigenvalue weighted by molar-refractivity contribution is 0.0313. The second-order valence-corrected chi connectivity index (χ2v) is 9.43. The highest BCUT2D eigenvalue weighted by atomic mass is 19.1. The van der Waals surface area contributed by atoms with Crippen LogP contribution < -0.4 is 4.74 Å². The zero-order valence-corrected chi connectivity index (χ0v) is 21.4. The molecule has 0 fully saturated rings. The molecular weight excluding hydrogens is 463 g/mol. The van der Waals surface area contributed by atoms with Gasteiger partial charge in [0.1, 0.15) is 17.5 Å². The molecule has 0 saturated carbocycles. The van der Waals surface area contributed by atoms with Gasteiger partial charge < -0.3 is 19.6 Å². The number of ether oxygens (including phenoxy) is 1. The number of benzene rings is 1. The van der Waals surface area contributed by atoms with Gasteiger partial charge in [-0.25, -0.2) is 9.37 Å². The van der Waals surface area contributed by atoms with Crippen molar-refractivity contribution in [1.29, 1.82) is 0 Å². The molecule has 9 heteroatoms. The molecule has 1 N–H and O–H groups in total. The van der Waals surface area contributed by atoms with E-state index in [1.807, 2.05) is 25.9 Å². The van der Waals surface area contributed by atoms with Gasteiger partial charge >= 0.3 is 0 Å². The van der Waals surface area contributed by atoms with E-state index in [4.69, 9.17) is 4.74 Å². The number of fused-ring (bicyclic) bond motifs is 1. The molecule has 2 amide bonds. The molecule has 1 aromatic carbocycles. The van der Waals surface area contributed by atoms with Gasteiger partial charge in [-0.05, 0) is 45.3 Å². The predicted molar refractivity (Wildman–Crippen MR) is 134 cm³/mol. The highest BCUT2D eigenvalue weighted by molar-refractivity contribution is 5.97. The third-order valence-electron chi connectivity index (χ3n) is 6.02. The van der Waals surface area contributed by atoms with Crippen LogP contribution in [0.25, 0.3) is 0 Å². The summed E-state index contributed by atoms with van der Waals surface area (Å²) in [5, 5.41) is 9.81. The maximum absolute atomic E-state index is 13.6. The fraction of sp³-hybridized carbons (Fsp3) is 0.444. The van der Waals surface area contributed by atoms with E-state index >= 15 is 0 Å². The fourth-order valence-electron chi connectivity index (χ4n) is 3.88. The Kier molecular flexibility index (Phi) is 9.02. The lowest BCUT2D eigenvalue weighted by atomic mass is 9.99. The van der Waals surface area contributed by atoms with E-state index in [2.05, 4.69) is 16.8 Å². The molecule has 0 unspecified atom stereocenters. The smallest absolute Gasteiger partial charge is 0.259 e. The molecule has 2 heterocycles. The van der Waals surface area contributed by atoms with E-state index in [-0.39, 0.29) is 47.9 Å². The van der Waals surface area contributed by atoms with Crippen LogP contribution in [0.2, 0.25) is 0 Å². The molecule has 192 valence electrons. The number of likely N-dealkylation sites (N-methyl/N-ethyl adjacent to an activating group) is 1. The highest BCUT2D eigenvalue weighted by Gasteiger charge is 2.34. The van der Waals surface area contributed by atoms with Gasteiger partial charge in [0.2, 0.25) is 5.88 Å². The van der Waals surface area contributed by atoms with Crippen molar-refractivity contribution in [2.45, 2.75) is 26.0 Å². The Morgan fingerprint density at radius 2 is 2.08 bits per heavy atom. The molecular formula is C27H33FN4O4. The quantitative estimate of drug-likeness (QED) is 0.617. The van der Waals surface area contributed by atoms with Gasteiger partial charge in [0.25, 0.3) is 11.8 Å². The number of rotatable bonds is 6. The van der Waals surface area contributed by atoms with Crippen molar-refractivity contribution in [1.82, 2.24) is 19.7 Å². The Balaban J connectivity index is 1.93. The maximum atomic E-state index is 13.6. The van der Waals surface area contributed by atoms with Gasteiger partial charge in [0, 0.05) is 36.8 Å². The van der Waals surface area contributed by atoms with E-state index < -0.39 is 18.0 Å². The summed E-state index contributed by atoms with van der Waals surface area (Å²) in [4.78, 5) is 35.8. The second kappa shape index (κ2) is 12.0. The Bertz CT molecular complexity index is 1160. The van der Waals surface area contributed by atoms with Crippen LogP contribution in [0.5, 0.6) is 5.88 Å². The molecule has 0 aliphatic carbocycles. The Morgan fingerprint density at radius 3 is 2.75 bits per heavy atom. The van der Waals surface area contributed by atoms with Crippen LogP contribution in [-0.4, -0.2) is 96.1 Å². The zero-order chi connectivity index (χ0) is 26.4. The van der Waals surface area contributed by atoms with Crippen LogP contribution in [-0.2, 0) is 0 Å². The minimum atomic E-state index is -0.508. The summed E-state index contributed by atoms with van der Waals surface area (Å²) in [7, 11) is 5.45. The highest BCUT2D eigenvalue weighted by Crippen LogP contribution is 2.27. The van der Waals surface area contributed by atoms with Crippen molar-refractivity contribution in [3.05, 3.63) is 59.0 Å². The molecule has 3 atom stereocenters. The number of halogens is 1. The van der Waals surface area contributed by atoms with Gasteiger partial charge in [-0.1, -0.05) is 24.8 Å². The summed E-state index contributed by atoms with van der Waals surface area (Å²) in [5.74, 6) is 4.87. The molecule has 2 aromatic rings. The average Bonchev–Trinajstić information content (AvgIpc) is 2.85. The normalized spacial score (nSPS) is 18.3. The third kappa shape index (κ3) is 6.59. The summed E-state index contributed by atoms with van der Waals surface area (Å²) in [6, 6.07) is 6.75. The molecule has 3 rings (SSSR count). The van der Waals surface area contributed by atoms with E-state index in [0.717, 1.165) is 0 Å². The lowest BCUT2D eigenvalue weighted by Gasteiger charge is -2.37. The number of carbonyl (C=O) groups is 2. The van der Waals surface area contributed by atoms with Crippen LogP contribution in [0.1, 0.15) is 40.1 Å². The Hall–Kier alpha value is -3.48. The number of aliphatic hydroxyl groups is 1. The monoisotopic (exact) mass is 496 g/mol. The van der Waals surface area contributed by atoms with Gasteiger partial charge in [-0.2, -0.15) is 0 Å². The third-order valence-corrected chi connectivity index (χ3v) is 6.02. The average molecular weight is 497 g/mol. The first-order valence-electron chi connectivity index (χ1n) is 11.8. The van der Waals surface area contributed by atoms with Crippen LogP contribution in [0, 0.1) is 23.6 Å². The molecule has 8 nitrogen and oxygen atoms in total. The molecule has 0 radical (unpaired) electrons. The molecule has 1 aromatic heterocycles. The lowest BCUT2D eigenvalue weighted by Crippen LogP contribution is -2.50. The van der Waals surface area contributed by atoms with E-state index in [1.165, 1.54) is 23.1 Å². The number of carbonyl (C=O) groups excluding carboxylic acids is 2. The van der Waals surface area contributed by atoms with E-state index in [9.17, 15) is 19.1 Å². The van der Waals surface area contributed by atoms with Crippen LogP contribution in [0.4, 0.5) is 4.39 Å². The number of aliphatic hydroxyl groups excluding tert-OH is 1. The summed E-state index contributed by atoms with van der Waals surface area (Å²) < 4.78 is 19.9. The Labute approximate surface area is 211 Å². The summed E-state index contributed by atoms with van der Waals surface area (Å²) in [6.45, 7) is 4.55. The first-order valence-corrected chi connectivity index (χ1v) is 11.8. The summed E-state index contributed by atoms with van der Waals surface area (Å²) in [5.41, 5.74) is 1.07. The molecule has 0 bridgehead atoms. The number of amides is 2. The molecule has 1 aliphatic rings. The molecule has 1 aliphatic heterocycles. The topological polar surface area (TPSA) is 86.2 Å². The molecule has 0 spiro atoms. The van der Waals surface area contributed by atoms with Crippen LogP contribution >= 0.6 is 0 Å². The minimum Gasteiger partial charge on any atom is -0.472 e. The molecule has 36 heavy (non-hydrogen) atoms. The van der Waals surface area contributed by atoms with Crippen molar-refractivity contribution in [3.63, 3.8) is 0 Å². The van der Waals surface area contributed by atoms with Crippen LogP contribution in [0.15, 0.2) is 36.5 Å². The first-order chi connectivity index (χ1) is 17.1. The number of aromatic nitrogens is 1. The first kappa shape index (κ1) is 27.1. The zero-order valence-electron chi connectivity index (χ0n) is 21.4. The maximum Gasteiger partial charge on any atom is 0.259 e. The van der Waals surface area contributed by atoms with Gasteiger partial charge in [-0.3, -0.25) is 14.5 Å². The summed E-state index contributed by atoms with van der Waals surface area (Å²) >= 11 is 0. The van der Waals surface area contributed by atoms with E-state index in [0.29, 0.717) is 18.7 Å². The summed E-state index contributed by atoms with van der Waals surface area (Å²) in [6.07, 6.45) is 1.05. The Morgan fingerprint density at radius 1 is 1.33 bits per heavy atom. The molecule has 0 saturated heterocycles. The van der Waals surface area contributed by atoms with Crippen molar-refractivity contribution in [2.75, 3.05) is 47.4 Å². The largest absolute Gasteiger partial charge is 0.472 e. The number of hydrogen-bond donors (Lipinski definition) is 1. The van der Waals surface area contributed by atoms with Crippen molar-refractivity contribution >= 4 is 11.8 Å². The number of pyridine rings is 1. The van der Waals surface area contributed by atoms with Gasteiger partial charge in [0.15, 0.2) is 0 Å². The minimum absolute atomic E-state index is 0.149. The standard InChI is InChI=1S/C27H33FN4O4/c1-18-15-32(19(2)17-33)27(35)23-12-20(8-7-11-30(3)4)14-29-25(23)36-24(18)16-31(5)26(34)21-9-6-10-22(28)13-21/h6,9-10,12-14,18-19,24,33H,11,15-17H2,1-5H3/t18-,19+,24+/m0/s1. The predicted octanol–water partition coefficient (Wildman–Crippen LogP) is 2.13. The fourth-order valence-corrected chi connectivity index (χ4v) is 3.88. The van der Waals surface area contributed by atoms with Crippen molar-refractivity contribution < 1.29 is 23.8 Å². The van der Waals surface area contributed by atoms with Crippen LogP contribution in [0.3, 0.4) is 0 Å².